The molecule has 0 aliphatic heterocycles. The van der Waals surface area contributed by atoms with Gasteiger partial charge in [0.15, 0.2) is 12.2 Å². The highest BCUT2D eigenvalue weighted by atomic mass is 16.5. The minimum Gasteiger partial charge on any atom is -0.508 e. The average molecular weight is 349 g/mol. The average Bonchev–Trinajstić information content (AvgIpc) is 3.30. The van der Waals surface area contributed by atoms with E-state index in [9.17, 15) is 9.90 Å². The number of carbonyl (C=O) groups is 1. The second-order valence-electron chi connectivity index (χ2n) is 5.69. The molecule has 4 aromatic rings. The summed E-state index contributed by atoms with van der Waals surface area (Å²) in [6, 6.07) is 11.8. The van der Waals surface area contributed by atoms with Crippen molar-refractivity contribution in [1.29, 1.82) is 0 Å². The van der Waals surface area contributed by atoms with Gasteiger partial charge in [0.25, 0.3) is 5.91 Å². The number of carbonyl (C=O) groups excluding carboxylic acids is 1. The highest BCUT2D eigenvalue weighted by Crippen LogP contribution is 2.32. The summed E-state index contributed by atoms with van der Waals surface area (Å²) < 4.78 is 10.7. The lowest BCUT2D eigenvalue weighted by atomic mass is 10.1. The largest absolute Gasteiger partial charge is 0.508 e. The summed E-state index contributed by atoms with van der Waals surface area (Å²) in [7, 11) is 1.55. The van der Waals surface area contributed by atoms with E-state index in [0.717, 1.165) is 16.5 Å². The Labute approximate surface area is 148 Å². The fourth-order valence-electron chi connectivity index (χ4n) is 2.76. The highest BCUT2D eigenvalue weighted by Gasteiger charge is 2.13. The molecule has 0 atom stereocenters. The fourth-order valence-corrected chi connectivity index (χ4v) is 2.76. The van der Waals surface area contributed by atoms with E-state index in [1.54, 1.807) is 55.8 Å². The SMILES string of the molecule is COc1cc(NC(=O)c2cc3cc(O)ccc3[nH]2)ccc1-c1cnco1. The van der Waals surface area contributed by atoms with Gasteiger partial charge >= 0.3 is 0 Å². The van der Waals surface area contributed by atoms with Crippen LogP contribution < -0.4 is 10.1 Å². The van der Waals surface area contributed by atoms with Crippen molar-refractivity contribution in [3.05, 3.63) is 60.7 Å². The predicted octanol–water partition coefficient (Wildman–Crippen LogP) is 3.79. The number of fused-ring (bicyclic) bond motifs is 1. The smallest absolute Gasteiger partial charge is 0.272 e. The number of aromatic hydroxyl groups is 1. The molecule has 0 saturated carbocycles. The number of aromatic amines is 1. The molecule has 0 saturated heterocycles. The maximum atomic E-state index is 12.5. The molecular weight excluding hydrogens is 334 g/mol. The third kappa shape index (κ3) is 2.86. The monoisotopic (exact) mass is 349 g/mol. The number of methoxy groups -OCH3 is 1. The Kier molecular flexibility index (Phi) is 3.81. The van der Waals surface area contributed by atoms with Crippen LogP contribution in [0, 0.1) is 0 Å². The Morgan fingerprint density at radius 3 is 2.88 bits per heavy atom. The van der Waals surface area contributed by atoms with Crippen molar-refractivity contribution in [3.8, 4) is 22.8 Å². The number of nitrogens with zero attached hydrogens (tertiary/aromatic N) is 1. The highest BCUT2D eigenvalue weighted by molar-refractivity contribution is 6.06. The van der Waals surface area contributed by atoms with E-state index >= 15 is 0 Å². The molecule has 0 fully saturated rings. The number of amides is 1. The number of hydrogen-bond donors (Lipinski definition) is 3. The molecule has 26 heavy (non-hydrogen) atoms. The van der Waals surface area contributed by atoms with Crippen molar-refractivity contribution in [1.82, 2.24) is 9.97 Å². The first kappa shape index (κ1) is 15.8. The molecular formula is C19H15N3O4. The molecule has 0 radical (unpaired) electrons. The summed E-state index contributed by atoms with van der Waals surface area (Å²) in [4.78, 5) is 19.4. The number of anilines is 1. The van der Waals surface area contributed by atoms with Crippen LogP contribution in [0.3, 0.4) is 0 Å². The topological polar surface area (TPSA) is 100 Å². The first-order valence-electron chi connectivity index (χ1n) is 7.84. The van der Waals surface area contributed by atoms with Gasteiger partial charge in [-0.3, -0.25) is 4.79 Å². The van der Waals surface area contributed by atoms with Gasteiger partial charge in [0.2, 0.25) is 0 Å². The number of hydrogen-bond acceptors (Lipinski definition) is 5. The molecule has 0 aliphatic rings. The number of ether oxygens (including phenoxy) is 1. The minimum atomic E-state index is -0.296. The van der Waals surface area contributed by atoms with Crippen LogP contribution in [0.1, 0.15) is 10.5 Å². The van der Waals surface area contributed by atoms with Gasteiger partial charge < -0.3 is 24.6 Å². The van der Waals surface area contributed by atoms with Crippen LogP contribution >= 0.6 is 0 Å². The number of H-pyrrole nitrogens is 1. The van der Waals surface area contributed by atoms with E-state index in [2.05, 4.69) is 15.3 Å². The van der Waals surface area contributed by atoms with Crippen LogP contribution in [-0.4, -0.2) is 28.1 Å². The van der Waals surface area contributed by atoms with Crippen LogP contribution in [0.25, 0.3) is 22.2 Å². The third-order valence-corrected chi connectivity index (χ3v) is 4.01. The third-order valence-electron chi connectivity index (χ3n) is 4.01. The van der Waals surface area contributed by atoms with Crippen molar-refractivity contribution in [3.63, 3.8) is 0 Å². The molecule has 0 aliphatic carbocycles. The van der Waals surface area contributed by atoms with Gasteiger partial charge in [-0.05, 0) is 36.4 Å². The lowest BCUT2D eigenvalue weighted by Crippen LogP contribution is -2.12. The van der Waals surface area contributed by atoms with Crippen LogP contribution in [0.15, 0.2) is 59.5 Å². The van der Waals surface area contributed by atoms with E-state index in [-0.39, 0.29) is 11.7 Å². The maximum Gasteiger partial charge on any atom is 0.272 e. The zero-order valence-corrected chi connectivity index (χ0v) is 13.8. The standard InChI is InChI=1S/C19H15N3O4/c1-25-17-8-12(2-4-14(17)18-9-20-10-26-18)21-19(24)16-7-11-6-13(23)3-5-15(11)22-16/h2-10,22-23H,1H3,(H,21,24). The predicted molar refractivity (Wildman–Crippen MR) is 96.4 cm³/mol. The quantitative estimate of drug-likeness (QED) is 0.520. The number of aromatic nitrogens is 2. The molecule has 2 aromatic heterocycles. The lowest BCUT2D eigenvalue weighted by Gasteiger charge is -2.09. The molecule has 0 spiro atoms. The van der Waals surface area contributed by atoms with Crippen molar-refractivity contribution >= 4 is 22.5 Å². The van der Waals surface area contributed by atoms with Crippen molar-refractivity contribution < 1.29 is 19.1 Å². The van der Waals surface area contributed by atoms with E-state index < -0.39 is 0 Å². The summed E-state index contributed by atoms with van der Waals surface area (Å²) in [6.07, 6.45) is 2.94. The summed E-state index contributed by atoms with van der Waals surface area (Å²) >= 11 is 0. The van der Waals surface area contributed by atoms with E-state index in [1.807, 2.05) is 0 Å². The van der Waals surface area contributed by atoms with Gasteiger partial charge in [0, 0.05) is 22.7 Å². The minimum absolute atomic E-state index is 0.149. The van der Waals surface area contributed by atoms with Gasteiger partial charge in [-0.25, -0.2) is 4.98 Å². The van der Waals surface area contributed by atoms with Crippen molar-refractivity contribution in [2.45, 2.75) is 0 Å². The zero-order chi connectivity index (χ0) is 18.1. The molecule has 1 amide bonds. The fraction of sp³-hybridized carbons (Fsp3) is 0.0526. The molecule has 0 unspecified atom stereocenters. The second-order valence-corrected chi connectivity index (χ2v) is 5.69. The molecule has 2 heterocycles. The summed E-state index contributed by atoms with van der Waals surface area (Å²) in [5.74, 6) is 0.989. The molecule has 0 bridgehead atoms. The summed E-state index contributed by atoms with van der Waals surface area (Å²) in [5, 5.41) is 13.1. The Balaban J connectivity index is 1.60. The van der Waals surface area contributed by atoms with Gasteiger partial charge in [-0.1, -0.05) is 0 Å². The Morgan fingerprint density at radius 1 is 1.23 bits per heavy atom. The first-order valence-corrected chi connectivity index (χ1v) is 7.84. The van der Waals surface area contributed by atoms with Gasteiger partial charge in [0.05, 0.1) is 18.9 Å². The van der Waals surface area contributed by atoms with E-state index in [1.165, 1.54) is 6.39 Å². The molecule has 130 valence electrons. The first-order chi connectivity index (χ1) is 12.6. The maximum absolute atomic E-state index is 12.5. The molecule has 7 heteroatoms. The second kappa shape index (κ2) is 6.29. The van der Waals surface area contributed by atoms with Crippen molar-refractivity contribution in [2.75, 3.05) is 12.4 Å². The zero-order valence-electron chi connectivity index (χ0n) is 13.8. The van der Waals surface area contributed by atoms with Crippen molar-refractivity contribution in [2.24, 2.45) is 0 Å². The number of phenols is 1. The van der Waals surface area contributed by atoms with Crippen LogP contribution in [0.4, 0.5) is 5.69 Å². The van der Waals surface area contributed by atoms with Gasteiger partial charge in [-0.2, -0.15) is 0 Å². The normalized spacial score (nSPS) is 10.8. The Bertz CT molecular complexity index is 1080. The van der Waals surface area contributed by atoms with Crippen LogP contribution in [-0.2, 0) is 0 Å². The van der Waals surface area contributed by atoms with Gasteiger partial charge in [-0.15, -0.1) is 0 Å². The number of nitrogens with one attached hydrogen (secondary N) is 2. The van der Waals surface area contributed by atoms with E-state index in [4.69, 9.17) is 9.15 Å². The van der Waals surface area contributed by atoms with Crippen LogP contribution in [0.5, 0.6) is 11.5 Å². The van der Waals surface area contributed by atoms with E-state index in [0.29, 0.717) is 22.9 Å². The molecule has 3 N–H and O–H groups in total. The summed E-state index contributed by atoms with van der Waals surface area (Å²) in [5.41, 5.74) is 2.48. The molecule has 2 aromatic carbocycles. The molecule has 4 rings (SSSR count). The Hall–Kier alpha value is -3.74. The molecule has 7 nitrogen and oxygen atoms in total. The summed E-state index contributed by atoms with van der Waals surface area (Å²) in [6.45, 7) is 0. The number of benzene rings is 2. The number of oxazole rings is 1. The Morgan fingerprint density at radius 2 is 2.12 bits per heavy atom. The van der Waals surface area contributed by atoms with Crippen LogP contribution in [0.2, 0.25) is 0 Å². The lowest BCUT2D eigenvalue weighted by molar-refractivity contribution is 0.102. The number of phenolic OH excluding ortho intramolecular Hbond substituents is 1. The number of rotatable bonds is 4. The van der Waals surface area contributed by atoms with Gasteiger partial charge in [0.1, 0.15) is 17.2 Å².